The molecule has 0 amide bonds. The van der Waals surface area contributed by atoms with Gasteiger partial charge in [0.1, 0.15) is 5.65 Å². The number of nitrogens with one attached hydrogen (secondary N) is 1. The number of nitrogens with zero attached hydrogens (tertiary/aromatic N) is 1. The lowest BCUT2D eigenvalue weighted by molar-refractivity contribution is 0.730. The minimum absolute atomic E-state index is 0.951. The quantitative estimate of drug-likeness (QED) is 0.264. The van der Waals surface area contributed by atoms with E-state index in [-0.39, 0.29) is 0 Å². The molecular formula is C30H28N2. The summed E-state index contributed by atoms with van der Waals surface area (Å²) in [6.45, 7) is 2.24. The molecule has 158 valence electrons. The standard InChI is InChI=1S/C30H28N2/c1-2-3-4-5-7-12-25-19-20-31-30-29(25)27-21-26(17-18-28(27)32-30)24-15-13-23(14-16-24)22-10-8-6-9-11-22/h6-21H,2-5H2,1H3,(H,31,32). The monoisotopic (exact) mass is 416 g/mol. The van der Waals surface area contributed by atoms with Gasteiger partial charge in [-0.1, -0.05) is 92.6 Å². The first-order valence-corrected chi connectivity index (χ1v) is 11.6. The highest BCUT2D eigenvalue weighted by molar-refractivity contribution is 6.10. The molecule has 0 radical (unpaired) electrons. The summed E-state index contributed by atoms with van der Waals surface area (Å²) in [5, 5.41) is 2.43. The van der Waals surface area contributed by atoms with Gasteiger partial charge < -0.3 is 4.98 Å². The molecule has 0 aliphatic heterocycles. The zero-order chi connectivity index (χ0) is 21.8. The molecule has 0 aliphatic rings. The SMILES string of the molecule is CCCCCC=Cc1ccnc2[nH]c3ccc(-c4ccc(-c5ccccc5)cc4)cc3c12. The maximum atomic E-state index is 4.59. The number of unbranched alkanes of at least 4 members (excludes halogenated alkanes) is 3. The summed E-state index contributed by atoms with van der Waals surface area (Å²) in [5.74, 6) is 0. The van der Waals surface area contributed by atoms with Crippen LogP contribution in [0.5, 0.6) is 0 Å². The second-order valence-electron chi connectivity index (χ2n) is 8.35. The highest BCUT2D eigenvalue weighted by atomic mass is 14.8. The van der Waals surface area contributed by atoms with Crippen LogP contribution in [0.25, 0.3) is 50.3 Å². The third-order valence-corrected chi connectivity index (χ3v) is 6.12. The number of H-pyrrole nitrogens is 1. The summed E-state index contributed by atoms with van der Waals surface area (Å²) < 4.78 is 0. The Kier molecular flexibility index (Phi) is 5.85. The molecule has 0 saturated heterocycles. The highest BCUT2D eigenvalue weighted by Gasteiger charge is 2.10. The smallest absolute Gasteiger partial charge is 0.138 e. The first kappa shape index (κ1) is 20.3. The fourth-order valence-corrected chi connectivity index (χ4v) is 4.37. The second kappa shape index (κ2) is 9.23. The largest absolute Gasteiger partial charge is 0.339 e. The molecule has 0 spiro atoms. The van der Waals surface area contributed by atoms with Gasteiger partial charge in [0.15, 0.2) is 0 Å². The molecular weight excluding hydrogens is 388 g/mol. The van der Waals surface area contributed by atoms with E-state index in [9.17, 15) is 0 Å². The molecule has 0 aliphatic carbocycles. The van der Waals surface area contributed by atoms with Crippen LogP contribution in [-0.2, 0) is 0 Å². The first-order chi connectivity index (χ1) is 15.8. The fourth-order valence-electron chi connectivity index (χ4n) is 4.37. The van der Waals surface area contributed by atoms with Crippen molar-refractivity contribution in [3.05, 3.63) is 96.7 Å². The molecule has 0 fully saturated rings. The van der Waals surface area contributed by atoms with Crippen molar-refractivity contribution in [2.75, 3.05) is 0 Å². The van der Waals surface area contributed by atoms with Crippen molar-refractivity contribution in [1.29, 1.82) is 0 Å². The van der Waals surface area contributed by atoms with Crippen molar-refractivity contribution < 1.29 is 0 Å². The second-order valence-corrected chi connectivity index (χ2v) is 8.35. The van der Waals surface area contributed by atoms with Crippen LogP contribution >= 0.6 is 0 Å². The molecule has 2 nitrogen and oxygen atoms in total. The Morgan fingerprint density at radius 3 is 2.28 bits per heavy atom. The summed E-state index contributed by atoms with van der Waals surface area (Å²) in [6, 6.07) is 28.1. The van der Waals surface area contributed by atoms with E-state index >= 15 is 0 Å². The van der Waals surface area contributed by atoms with E-state index in [1.54, 1.807) is 0 Å². The summed E-state index contributed by atoms with van der Waals surface area (Å²) >= 11 is 0. The molecule has 2 heteroatoms. The van der Waals surface area contributed by atoms with Crippen molar-refractivity contribution in [1.82, 2.24) is 9.97 Å². The maximum Gasteiger partial charge on any atom is 0.138 e. The predicted octanol–water partition coefficient (Wildman–Crippen LogP) is 8.64. The van der Waals surface area contributed by atoms with Crippen LogP contribution in [0.1, 0.15) is 38.2 Å². The van der Waals surface area contributed by atoms with Gasteiger partial charge in [-0.15, -0.1) is 0 Å². The number of fused-ring (bicyclic) bond motifs is 3. The number of hydrogen-bond donors (Lipinski definition) is 1. The first-order valence-electron chi connectivity index (χ1n) is 11.6. The van der Waals surface area contributed by atoms with Crippen molar-refractivity contribution in [3.63, 3.8) is 0 Å². The number of aromatic nitrogens is 2. The van der Waals surface area contributed by atoms with Gasteiger partial charge in [-0.25, -0.2) is 4.98 Å². The van der Waals surface area contributed by atoms with Gasteiger partial charge in [0, 0.05) is 22.5 Å². The summed E-state index contributed by atoms with van der Waals surface area (Å²) in [4.78, 5) is 8.09. The summed E-state index contributed by atoms with van der Waals surface area (Å²) in [5.41, 5.74) is 8.24. The van der Waals surface area contributed by atoms with Crippen LogP contribution in [0.15, 0.2) is 91.1 Å². The molecule has 0 bridgehead atoms. The third kappa shape index (κ3) is 4.09. The molecule has 3 aromatic carbocycles. The highest BCUT2D eigenvalue weighted by Crippen LogP contribution is 2.32. The van der Waals surface area contributed by atoms with Gasteiger partial charge in [-0.2, -0.15) is 0 Å². The molecule has 0 saturated carbocycles. The maximum absolute atomic E-state index is 4.59. The van der Waals surface area contributed by atoms with E-state index in [0.717, 1.165) is 17.6 Å². The fraction of sp³-hybridized carbons (Fsp3) is 0.167. The predicted molar refractivity (Wildman–Crippen MR) is 138 cm³/mol. The number of aromatic amines is 1. The van der Waals surface area contributed by atoms with Gasteiger partial charge in [0.05, 0.1) is 0 Å². The van der Waals surface area contributed by atoms with Gasteiger partial charge in [-0.3, -0.25) is 0 Å². The van der Waals surface area contributed by atoms with Gasteiger partial charge in [-0.05, 0) is 58.9 Å². The van der Waals surface area contributed by atoms with Crippen LogP contribution in [0, 0.1) is 0 Å². The third-order valence-electron chi connectivity index (χ3n) is 6.12. The van der Waals surface area contributed by atoms with Crippen molar-refractivity contribution >= 4 is 28.0 Å². The van der Waals surface area contributed by atoms with E-state index in [0.29, 0.717) is 0 Å². The number of pyridine rings is 1. The molecule has 0 unspecified atom stereocenters. The van der Waals surface area contributed by atoms with Crippen LogP contribution in [0.3, 0.4) is 0 Å². The average molecular weight is 417 g/mol. The Labute approximate surface area is 189 Å². The number of allylic oxidation sites excluding steroid dienone is 1. The van der Waals surface area contributed by atoms with Crippen LogP contribution < -0.4 is 0 Å². The molecule has 5 aromatic rings. The number of hydrogen-bond acceptors (Lipinski definition) is 1. The van der Waals surface area contributed by atoms with Gasteiger partial charge >= 0.3 is 0 Å². The Bertz CT molecular complexity index is 1360. The lowest BCUT2D eigenvalue weighted by Crippen LogP contribution is -1.82. The normalized spacial score (nSPS) is 11.7. The molecule has 5 rings (SSSR count). The lowest BCUT2D eigenvalue weighted by Gasteiger charge is -2.06. The molecule has 2 heterocycles. The number of rotatable bonds is 7. The Morgan fingerprint density at radius 1 is 0.781 bits per heavy atom. The zero-order valence-corrected chi connectivity index (χ0v) is 18.5. The topological polar surface area (TPSA) is 28.7 Å². The minimum atomic E-state index is 0.951. The lowest BCUT2D eigenvalue weighted by atomic mass is 9.98. The Hall–Kier alpha value is -3.65. The average Bonchev–Trinajstić information content (AvgIpc) is 3.23. The van der Waals surface area contributed by atoms with Crippen molar-refractivity contribution in [2.45, 2.75) is 32.6 Å². The summed E-state index contributed by atoms with van der Waals surface area (Å²) in [6.07, 6.45) is 11.4. The van der Waals surface area contributed by atoms with E-state index in [1.165, 1.54) is 57.9 Å². The van der Waals surface area contributed by atoms with Crippen molar-refractivity contribution in [2.24, 2.45) is 0 Å². The van der Waals surface area contributed by atoms with Crippen LogP contribution in [-0.4, -0.2) is 9.97 Å². The summed E-state index contributed by atoms with van der Waals surface area (Å²) in [7, 11) is 0. The van der Waals surface area contributed by atoms with E-state index < -0.39 is 0 Å². The number of benzene rings is 3. The van der Waals surface area contributed by atoms with Gasteiger partial charge in [0.2, 0.25) is 0 Å². The van der Waals surface area contributed by atoms with Crippen molar-refractivity contribution in [3.8, 4) is 22.3 Å². The molecule has 1 N–H and O–H groups in total. The van der Waals surface area contributed by atoms with Gasteiger partial charge in [0.25, 0.3) is 0 Å². The van der Waals surface area contributed by atoms with E-state index in [1.807, 2.05) is 6.20 Å². The Morgan fingerprint density at radius 2 is 1.50 bits per heavy atom. The zero-order valence-electron chi connectivity index (χ0n) is 18.5. The molecule has 32 heavy (non-hydrogen) atoms. The molecule has 2 aromatic heterocycles. The van der Waals surface area contributed by atoms with E-state index in [2.05, 4.69) is 108 Å². The van der Waals surface area contributed by atoms with E-state index in [4.69, 9.17) is 0 Å². The van der Waals surface area contributed by atoms with Crippen LogP contribution in [0.4, 0.5) is 0 Å². The minimum Gasteiger partial charge on any atom is -0.339 e. The Balaban J connectivity index is 1.51. The van der Waals surface area contributed by atoms with Crippen LogP contribution in [0.2, 0.25) is 0 Å². The molecule has 0 atom stereocenters.